The molecule has 0 fully saturated rings. The maximum atomic E-state index is 11.1. The first-order chi connectivity index (χ1) is 5.59. The summed E-state index contributed by atoms with van der Waals surface area (Å²) in [4.78, 5) is 15.1. The molecule has 74 valence electrons. The van der Waals surface area contributed by atoms with Gasteiger partial charge in [-0.15, -0.1) is 23.7 Å². The zero-order valence-electron chi connectivity index (χ0n) is 7.40. The first-order valence-electron chi connectivity index (χ1n) is 3.58. The van der Waals surface area contributed by atoms with Gasteiger partial charge in [-0.3, -0.25) is 4.79 Å². The number of nitrogens with two attached hydrogens (primary N) is 1. The van der Waals surface area contributed by atoms with E-state index in [1.165, 1.54) is 11.3 Å². The van der Waals surface area contributed by atoms with Gasteiger partial charge in [-0.25, -0.2) is 4.98 Å². The number of aromatic nitrogens is 1. The SMILES string of the molecule is Cc1ncc(NC(=O)C(C)N)s1.Cl. The minimum atomic E-state index is -0.479. The molecule has 6 heteroatoms. The summed E-state index contributed by atoms with van der Waals surface area (Å²) in [6.07, 6.45) is 1.63. The minimum absolute atomic E-state index is 0. The van der Waals surface area contributed by atoms with Crippen LogP contribution < -0.4 is 11.1 Å². The summed E-state index contributed by atoms with van der Waals surface area (Å²) in [5.41, 5.74) is 5.36. The molecule has 1 heterocycles. The van der Waals surface area contributed by atoms with Crippen LogP contribution >= 0.6 is 23.7 Å². The lowest BCUT2D eigenvalue weighted by Crippen LogP contribution is -2.32. The topological polar surface area (TPSA) is 68.0 Å². The molecule has 0 spiro atoms. The van der Waals surface area contributed by atoms with Gasteiger partial charge in [0.1, 0.15) is 5.00 Å². The van der Waals surface area contributed by atoms with Crippen molar-refractivity contribution in [1.82, 2.24) is 4.98 Å². The predicted octanol–water partition coefficient (Wildman–Crippen LogP) is 1.16. The molecule has 0 aliphatic rings. The first kappa shape index (κ1) is 12.3. The Hall–Kier alpha value is -0.650. The number of thiazole rings is 1. The number of nitrogens with one attached hydrogen (secondary N) is 1. The number of anilines is 1. The fourth-order valence-corrected chi connectivity index (χ4v) is 1.34. The van der Waals surface area contributed by atoms with Crippen molar-refractivity contribution >= 4 is 34.7 Å². The standard InChI is InChI=1S/C7H11N3OS.ClH/c1-4(8)7(11)10-6-3-9-5(2)12-6;/h3-4H,8H2,1-2H3,(H,10,11);1H. The summed E-state index contributed by atoms with van der Waals surface area (Å²) < 4.78 is 0. The summed E-state index contributed by atoms with van der Waals surface area (Å²) in [5.74, 6) is -0.182. The van der Waals surface area contributed by atoms with Gasteiger partial charge in [0, 0.05) is 0 Å². The molecule has 1 rings (SSSR count). The number of nitrogens with zero attached hydrogens (tertiary/aromatic N) is 1. The lowest BCUT2D eigenvalue weighted by atomic mass is 10.3. The van der Waals surface area contributed by atoms with Crippen LogP contribution in [0.1, 0.15) is 11.9 Å². The van der Waals surface area contributed by atoms with Crippen LogP contribution in [0.25, 0.3) is 0 Å². The highest BCUT2D eigenvalue weighted by molar-refractivity contribution is 7.15. The van der Waals surface area contributed by atoms with Gasteiger partial charge in [0.15, 0.2) is 0 Å². The molecule has 3 N–H and O–H groups in total. The van der Waals surface area contributed by atoms with Crippen molar-refractivity contribution < 1.29 is 4.79 Å². The number of amides is 1. The molecule has 4 nitrogen and oxygen atoms in total. The van der Waals surface area contributed by atoms with Crippen molar-refractivity contribution in [2.45, 2.75) is 19.9 Å². The van der Waals surface area contributed by atoms with Crippen LogP contribution in [0.4, 0.5) is 5.00 Å². The van der Waals surface area contributed by atoms with Crippen LogP contribution in [0.2, 0.25) is 0 Å². The van der Waals surface area contributed by atoms with Crippen molar-refractivity contribution in [3.63, 3.8) is 0 Å². The van der Waals surface area contributed by atoms with Crippen LogP contribution in [-0.2, 0) is 4.79 Å². The first-order valence-corrected chi connectivity index (χ1v) is 4.40. The number of carbonyl (C=O) groups excluding carboxylic acids is 1. The maximum Gasteiger partial charge on any atom is 0.241 e. The molecular weight excluding hydrogens is 210 g/mol. The molecule has 0 aromatic carbocycles. The van der Waals surface area contributed by atoms with Crippen LogP contribution in [0.15, 0.2) is 6.20 Å². The molecule has 0 saturated carbocycles. The maximum absolute atomic E-state index is 11.1. The number of hydrogen-bond donors (Lipinski definition) is 2. The average molecular weight is 222 g/mol. The van der Waals surface area contributed by atoms with E-state index in [2.05, 4.69) is 10.3 Å². The van der Waals surface area contributed by atoms with Crippen LogP contribution in [0, 0.1) is 6.92 Å². The molecule has 13 heavy (non-hydrogen) atoms. The number of rotatable bonds is 2. The van der Waals surface area contributed by atoms with E-state index in [1.54, 1.807) is 13.1 Å². The highest BCUT2D eigenvalue weighted by Crippen LogP contribution is 2.17. The van der Waals surface area contributed by atoms with E-state index < -0.39 is 6.04 Å². The van der Waals surface area contributed by atoms with Gasteiger partial charge >= 0.3 is 0 Å². The second-order valence-corrected chi connectivity index (χ2v) is 3.76. The fourth-order valence-electron chi connectivity index (χ4n) is 0.654. The molecule has 1 unspecified atom stereocenters. The number of carbonyl (C=O) groups is 1. The van der Waals surface area contributed by atoms with Crippen molar-refractivity contribution in [2.24, 2.45) is 5.73 Å². The third kappa shape index (κ3) is 3.71. The van der Waals surface area contributed by atoms with Crippen molar-refractivity contribution in [3.05, 3.63) is 11.2 Å². The van der Waals surface area contributed by atoms with Crippen LogP contribution in [0.5, 0.6) is 0 Å². The Labute approximate surface area is 87.0 Å². The van der Waals surface area contributed by atoms with E-state index >= 15 is 0 Å². The Kier molecular flexibility index (Phi) is 4.90. The zero-order chi connectivity index (χ0) is 9.14. The number of aryl methyl sites for hydroxylation is 1. The third-order valence-corrected chi connectivity index (χ3v) is 2.11. The molecule has 0 radical (unpaired) electrons. The summed E-state index contributed by atoms with van der Waals surface area (Å²) in [6.45, 7) is 3.52. The summed E-state index contributed by atoms with van der Waals surface area (Å²) in [5, 5.41) is 4.33. The molecular formula is C7H12ClN3OS. The molecule has 1 atom stereocenters. The van der Waals surface area contributed by atoms with Crippen LogP contribution in [-0.4, -0.2) is 16.9 Å². The summed E-state index contributed by atoms with van der Waals surface area (Å²) in [7, 11) is 0. The monoisotopic (exact) mass is 221 g/mol. The normalized spacial score (nSPS) is 11.6. The van der Waals surface area contributed by atoms with Crippen molar-refractivity contribution in [2.75, 3.05) is 5.32 Å². The average Bonchev–Trinajstić information content (AvgIpc) is 2.35. The molecule has 1 amide bonds. The van der Waals surface area contributed by atoms with E-state index in [0.717, 1.165) is 10.0 Å². The third-order valence-electron chi connectivity index (χ3n) is 1.28. The fraction of sp³-hybridized carbons (Fsp3) is 0.429. The highest BCUT2D eigenvalue weighted by atomic mass is 35.5. The second kappa shape index (κ2) is 5.16. The second-order valence-electron chi connectivity index (χ2n) is 2.52. The van der Waals surface area contributed by atoms with Gasteiger partial charge in [0.25, 0.3) is 0 Å². The van der Waals surface area contributed by atoms with Crippen molar-refractivity contribution in [1.29, 1.82) is 0 Å². The molecule has 0 aliphatic heterocycles. The zero-order valence-corrected chi connectivity index (χ0v) is 9.04. The molecule has 0 saturated heterocycles. The number of hydrogen-bond acceptors (Lipinski definition) is 4. The predicted molar refractivity (Wildman–Crippen MR) is 56.4 cm³/mol. The smallest absolute Gasteiger partial charge is 0.241 e. The van der Waals surface area contributed by atoms with E-state index in [1.807, 2.05) is 6.92 Å². The van der Waals surface area contributed by atoms with Gasteiger partial charge < -0.3 is 11.1 Å². The largest absolute Gasteiger partial charge is 0.320 e. The van der Waals surface area contributed by atoms with Gasteiger partial charge in [0.05, 0.1) is 17.2 Å². The lowest BCUT2D eigenvalue weighted by molar-refractivity contribution is -0.117. The Balaban J connectivity index is 0.00000144. The van der Waals surface area contributed by atoms with Gasteiger partial charge in [-0.05, 0) is 13.8 Å². The Morgan fingerprint density at radius 1 is 1.77 bits per heavy atom. The Morgan fingerprint density at radius 2 is 2.38 bits per heavy atom. The van der Waals surface area contributed by atoms with Gasteiger partial charge in [-0.1, -0.05) is 0 Å². The van der Waals surface area contributed by atoms with E-state index in [0.29, 0.717) is 0 Å². The molecule has 0 aliphatic carbocycles. The van der Waals surface area contributed by atoms with E-state index in [-0.39, 0.29) is 18.3 Å². The van der Waals surface area contributed by atoms with E-state index in [9.17, 15) is 4.79 Å². The number of halogens is 1. The Morgan fingerprint density at radius 3 is 2.77 bits per heavy atom. The highest BCUT2D eigenvalue weighted by Gasteiger charge is 2.08. The minimum Gasteiger partial charge on any atom is -0.320 e. The lowest BCUT2D eigenvalue weighted by Gasteiger charge is -2.03. The Bertz CT molecular complexity index is 287. The van der Waals surface area contributed by atoms with Crippen LogP contribution in [0.3, 0.4) is 0 Å². The quantitative estimate of drug-likeness (QED) is 0.788. The molecule has 1 aromatic rings. The molecule has 1 aromatic heterocycles. The summed E-state index contributed by atoms with van der Waals surface area (Å²) >= 11 is 1.43. The van der Waals surface area contributed by atoms with Gasteiger partial charge in [0.2, 0.25) is 5.91 Å². The molecule has 0 bridgehead atoms. The van der Waals surface area contributed by atoms with Crippen molar-refractivity contribution in [3.8, 4) is 0 Å². The van der Waals surface area contributed by atoms with Gasteiger partial charge in [-0.2, -0.15) is 0 Å². The van der Waals surface area contributed by atoms with E-state index in [4.69, 9.17) is 5.73 Å². The summed E-state index contributed by atoms with van der Waals surface area (Å²) in [6, 6.07) is -0.479.